The van der Waals surface area contributed by atoms with Crippen LogP contribution in [0.2, 0.25) is 12.1 Å². The van der Waals surface area contributed by atoms with Crippen LogP contribution >= 0.6 is 0 Å². The molecule has 0 radical (unpaired) electrons. The van der Waals surface area contributed by atoms with E-state index in [0.29, 0.717) is 5.41 Å². The fourth-order valence-electron chi connectivity index (χ4n) is 2.31. The number of rotatable bonds is 5. The predicted molar refractivity (Wildman–Crippen MR) is 104 cm³/mol. The Morgan fingerprint density at radius 1 is 0.650 bits per heavy atom. The second-order valence-corrected chi connectivity index (χ2v) is 8.06. The summed E-state index contributed by atoms with van der Waals surface area (Å²) in [5.41, 5.74) is 0.591. The second-order valence-electron chi connectivity index (χ2n) is 8.06. The second kappa shape index (κ2) is 8.84. The fraction of sp³-hybridized carbons (Fsp3) is 1.00. The van der Waals surface area contributed by atoms with Crippen LogP contribution in [0, 0.1) is 10.8 Å². The van der Waals surface area contributed by atoms with Crippen molar-refractivity contribution in [1.29, 1.82) is 0 Å². The van der Waals surface area contributed by atoms with Gasteiger partial charge >= 0.3 is 132 Å². The van der Waals surface area contributed by atoms with Gasteiger partial charge < -0.3 is 0 Å². The van der Waals surface area contributed by atoms with E-state index in [1.165, 1.54) is 6.42 Å². The summed E-state index contributed by atoms with van der Waals surface area (Å²) in [6.07, 6.45) is 1.18. The summed E-state index contributed by atoms with van der Waals surface area (Å²) in [5.74, 6) is 0. The Hall–Kier alpha value is 0.519. The molecule has 0 N–H and O–H groups in total. The van der Waals surface area contributed by atoms with Gasteiger partial charge in [0.25, 0.3) is 0 Å². The first-order chi connectivity index (χ1) is 9.02. The molecule has 0 bridgehead atoms. The molecular formula is C12H26B8. The van der Waals surface area contributed by atoms with Crippen LogP contribution < -0.4 is 0 Å². The summed E-state index contributed by atoms with van der Waals surface area (Å²) < 4.78 is 0. The van der Waals surface area contributed by atoms with E-state index in [1.807, 2.05) is 27.0 Å². The third-order valence-electron chi connectivity index (χ3n) is 3.82. The van der Waals surface area contributed by atoms with Crippen molar-refractivity contribution in [2.45, 2.75) is 67.0 Å². The molecule has 0 aliphatic heterocycles. The summed E-state index contributed by atoms with van der Waals surface area (Å²) in [5, 5.41) is 0.197. The standard InChI is InChI=1S/C12H26B8/c1-10(2,3)9-12(7,11(4,5)6)14-16-18-20-19-17-15-13-8/h9H2,1-8H3. The van der Waals surface area contributed by atoms with E-state index in [4.69, 9.17) is 0 Å². The van der Waals surface area contributed by atoms with Crippen molar-refractivity contribution >= 4 is 53.8 Å². The average molecular weight is 257 g/mol. The van der Waals surface area contributed by atoms with Gasteiger partial charge in [0.15, 0.2) is 0 Å². The summed E-state index contributed by atoms with van der Waals surface area (Å²) in [6, 6.07) is 0. The Morgan fingerprint density at radius 2 is 1.10 bits per heavy atom. The predicted octanol–water partition coefficient (Wildman–Crippen LogP) is 1.73. The maximum absolute atomic E-state index is 2.37. The Balaban J connectivity index is 4.92. The average Bonchev–Trinajstić information content (AvgIpc) is 2.24. The van der Waals surface area contributed by atoms with Crippen LogP contribution in [0.1, 0.15) is 54.9 Å². The van der Waals surface area contributed by atoms with Crippen LogP contribution in [-0.2, 0) is 0 Å². The van der Waals surface area contributed by atoms with E-state index in [-0.39, 0.29) is 10.7 Å². The zero-order chi connectivity index (χ0) is 15.9. The molecule has 0 aromatic carbocycles. The van der Waals surface area contributed by atoms with Crippen LogP contribution in [0.3, 0.4) is 0 Å². The molecule has 0 spiro atoms. The Bertz CT molecular complexity index is 397. The van der Waals surface area contributed by atoms with Gasteiger partial charge in [0, 0.05) is 0 Å². The summed E-state index contributed by atoms with van der Waals surface area (Å²) >= 11 is 0. The van der Waals surface area contributed by atoms with Crippen molar-refractivity contribution < 1.29 is 0 Å². The third-order valence-corrected chi connectivity index (χ3v) is 3.82. The van der Waals surface area contributed by atoms with Gasteiger partial charge in [-0.3, -0.25) is 0 Å². The van der Waals surface area contributed by atoms with Crippen molar-refractivity contribution in [3.8, 4) is 0 Å². The molecule has 0 nitrogen and oxygen atoms in total. The van der Waals surface area contributed by atoms with Crippen LogP contribution in [0.25, 0.3) is 0 Å². The quantitative estimate of drug-likeness (QED) is 0.658. The number of hydrogen-bond acceptors (Lipinski definition) is 0. The summed E-state index contributed by atoms with van der Waals surface area (Å²) in [4.78, 5) is 0. The topological polar surface area (TPSA) is 0 Å². The molecule has 0 aromatic heterocycles. The fourth-order valence-corrected chi connectivity index (χ4v) is 2.31. The normalized spacial score (nSPS) is 14.6. The maximum atomic E-state index is 2.37. The van der Waals surface area contributed by atoms with Gasteiger partial charge in [-0.15, -0.1) is 0 Å². The molecule has 0 rings (SSSR count). The SMILES string of the molecule is C/B=B/B=B/B=B/B=B/C(C)(CC(C)(C)C)C(C)(C)C. The van der Waals surface area contributed by atoms with Crippen molar-refractivity contribution in [3.05, 3.63) is 0 Å². The Labute approximate surface area is 132 Å². The van der Waals surface area contributed by atoms with Gasteiger partial charge in [-0.2, -0.15) is 0 Å². The number of hydrogen-bond donors (Lipinski definition) is 0. The van der Waals surface area contributed by atoms with Crippen LogP contribution in [-0.4, -0.2) is 53.8 Å². The molecule has 20 heavy (non-hydrogen) atoms. The molecule has 0 aliphatic rings. The van der Waals surface area contributed by atoms with E-state index in [2.05, 4.69) is 82.0 Å². The van der Waals surface area contributed by atoms with Gasteiger partial charge in [0.2, 0.25) is 0 Å². The van der Waals surface area contributed by atoms with E-state index >= 15 is 0 Å². The van der Waals surface area contributed by atoms with Crippen molar-refractivity contribution in [2.24, 2.45) is 10.8 Å². The molecule has 0 saturated carbocycles. The van der Waals surface area contributed by atoms with Crippen LogP contribution in [0.5, 0.6) is 0 Å². The van der Waals surface area contributed by atoms with Gasteiger partial charge in [-0.05, 0) is 0 Å². The van der Waals surface area contributed by atoms with Gasteiger partial charge in [-0.1, -0.05) is 0 Å². The van der Waals surface area contributed by atoms with Crippen LogP contribution in [0.4, 0.5) is 0 Å². The molecule has 0 saturated heterocycles. The minimum atomic E-state index is 0.197. The van der Waals surface area contributed by atoms with Crippen molar-refractivity contribution in [3.63, 3.8) is 0 Å². The molecule has 98 valence electrons. The van der Waals surface area contributed by atoms with Gasteiger partial charge in [-0.25, -0.2) is 0 Å². The Morgan fingerprint density at radius 3 is 1.50 bits per heavy atom. The first-order valence-corrected chi connectivity index (χ1v) is 7.66. The molecule has 0 aromatic rings. The molecular weight excluding hydrogens is 231 g/mol. The van der Waals surface area contributed by atoms with Crippen molar-refractivity contribution in [1.82, 2.24) is 0 Å². The summed E-state index contributed by atoms with van der Waals surface area (Å²) in [6.45, 7) is 35.3. The third kappa shape index (κ3) is 8.73. The van der Waals surface area contributed by atoms with E-state index < -0.39 is 0 Å². The molecule has 0 aliphatic carbocycles. The summed E-state index contributed by atoms with van der Waals surface area (Å²) in [7, 11) is 0. The molecule has 1 unspecified atom stereocenters. The van der Waals surface area contributed by atoms with E-state index in [1.54, 1.807) is 0 Å². The van der Waals surface area contributed by atoms with Gasteiger partial charge in [0.05, 0.1) is 0 Å². The zero-order valence-corrected chi connectivity index (χ0v) is 14.8. The zero-order valence-electron chi connectivity index (χ0n) is 14.8. The molecule has 0 fully saturated rings. The van der Waals surface area contributed by atoms with Gasteiger partial charge in [0.1, 0.15) is 0 Å². The molecule has 1 atom stereocenters. The first kappa shape index (κ1) is 20.5. The van der Waals surface area contributed by atoms with Crippen molar-refractivity contribution in [2.75, 3.05) is 0 Å². The van der Waals surface area contributed by atoms with E-state index in [9.17, 15) is 0 Å². The molecule has 8 heteroatoms. The Kier molecular flexibility index (Phi) is 9.07. The first-order valence-electron chi connectivity index (χ1n) is 7.66. The molecule has 0 heterocycles. The van der Waals surface area contributed by atoms with E-state index in [0.717, 1.165) is 0 Å². The minimum absolute atomic E-state index is 0.197. The molecule has 0 amide bonds. The van der Waals surface area contributed by atoms with Crippen LogP contribution in [0.15, 0.2) is 0 Å². The monoisotopic (exact) mass is 258 g/mol.